The highest BCUT2D eigenvalue weighted by Crippen LogP contribution is 2.32. The van der Waals surface area contributed by atoms with Gasteiger partial charge >= 0.3 is 6.03 Å². The van der Waals surface area contributed by atoms with Crippen molar-refractivity contribution in [3.05, 3.63) is 72.3 Å². The molecular formula is C26H28N4O4. The Hall–Kier alpha value is -4.20. The first-order valence-electron chi connectivity index (χ1n) is 11.1. The number of hydrogen-bond donors (Lipinski definition) is 3. The van der Waals surface area contributed by atoms with Gasteiger partial charge in [-0.05, 0) is 43.2 Å². The molecule has 0 radical (unpaired) electrons. The monoisotopic (exact) mass is 460 g/mol. The average Bonchev–Trinajstić information content (AvgIpc) is 3.39. The van der Waals surface area contributed by atoms with Gasteiger partial charge in [-0.1, -0.05) is 18.2 Å². The number of hydrogen-bond acceptors (Lipinski definition) is 5. The second-order valence-corrected chi connectivity index (χ2v) is 7.93. The number of ether oxygens (including phenoxy) is 2. The van der Waals surface area contributed by atoms with Crippen LogP contribution in [0.3, 0.4) is 0 Å². The number of amides is 3. The average molecular weight is 461 g/mol. The van der Waals surface area contributed by atoms with E-state index in [4.69, 9.17) is 9.47 Å². The van der Waals surface area contributed by atoms with E-state index in [9.17, 15) is 9.59 Å². The van der Waals surface area contributed by atoms with Gasteiger partial charge in [0.05, 0.1) is 25.6 Å². The summed E-state index contributed by atoms with van der Waals surface area (Å²) >= 11 is 0. The molecule has 0 bridgehead atoms. The third kappa shape index (κ3) is 5.58. The molecule has 1 aliphatic heterocycles. The molecule has 4 rings (SSSR count). The fraction of sp³-hybridized carbons (Fsp3) is 0.231. The first-order valence-corrected chi connectivity index (χ1v) is 11.1. The van der Waals surface area contributed by atoms with Crippen LogP contribution >= 0.6 is 0 Å². The first-order chi connectivity index (χ1) is 16.6. The van der Waals surface area contributed by atoms with Crippen LogP contribution in [0.5, 0.6) is 11.5 Å². The van der Waals surface area contributed by atoms with E-state index in [1.165, 1.54) is 0 Å². The Labute approximate surface area is 198 Å². The highest BCUT2D eigenvalue weighted by molar-refractivity contribution is 6.06. The second kappa shape index (κ2) is 10.6. The molecule has 8 heteroatoms. The normalized spacial score (nSPS) is 12.7. The van der Waals surface area contributed by atoms with E-state index in [0.717, 1.165) is 31.6 Å². The van der Waals surface area contributed by atoms with E-state index in [-0.39, 0.29) is 5.91 Å². The van der Waals surface area contributed by atoms with Gasteiger partial charge < -0.3 is 30.3 Å². The van der Waals surface area contributed by atoms with Gasteiger partial charge in [-0.25, -0.2) is 4.79 Å². The topological polar surface area (TPSA) is 91.9 Å². The molecule has 3 N–H and O–H groups in total. The summed E-state index contributed by atoms with van der Waals surface area (Å²) in [5.74, 6) is 0.921. The summed E-state index contributed by atoms with van der Waals surface area (Å²) in [4.78, 5) is 27.7. The Morgan fingerprint density at radius 2 is 1.44 bits per heavy atom. The molecule has 8 nitrogen and oxygen atoms in total. The van der Waals surface area contributed by atoms with Crippen LogP contribution in [0.2, 0.25) is 0 Å². The fourth-order valence-corrected chi connectivity index (χ4v) is 3.90. The molecule has 1 aliphatic rings. The molecule has 0 aromatic heterocycles. The standard InChI is InChI=1S/C26H28N4O4/c1-33-21-14-20(15-22(17-21)34-2)28-26(32)29-23-16-19(10-11-24(23)30-12-6-7-13-30)27-25(31)18-8-4-3-5-9-18/h3-5,8-11,14-17H,6-7,12-13H2,1-2H3,(H,27,31)(H2,28,29,32). The minimum absolute atomic E-state index is 0.214. The number of benzene rings is 3. The van der Waals surface area contributed by atoms with Gasteiger partial charge in [-0.3, -0.25) is 4.79 Å². The van der Waals surface area contributed by atoms with Crippen LogP contribution in [0, 0.1) is 0 Å². The molecule has 3 aromatic rings. The minimum Gasteiger partial charge on any atom is -0.497 e. The maximum Gasteiger partial charge on any atom is 0.323 e. The van der Waals surface area contributed by atoms with E-state index in [1.54, 1.807) is 50.6 Å². The summed E-state index contributed by atoms with van der Waals surface area (Å²) in [5, 5.41) is 8.67. The van der Waals surface area contributed by atoms with Crippen LogP contribution in [0.4, 0.5) is 27.5 Å². The van der Waals surface area contributed by atoms with Gasteiger partial charge in [-0.15, -0.1) is 0 Å². The van der Waals surface area contributed by atoms with Crippen LogP contribution in [-0.4, -0.2) is 39.2 Å². The van der Waals surface area contributed by atoms with E-state index in [2.05, 4.69) is 20.9 Å². The summed E-state index contributed by atoms with van der Waals surface area (Å²) < 4.78 is 10.5. The molecule has 34 heavy (non-hydrogen) atoms. The number of urea groups is 1. The smallest absolute Gasteiger partial charge is 0.323 e. The molecule has 0 unspecified atom stereocenters. The molecule has 0 aliphatic carbocycles. The zero-order valence-electron chi connectivity index (χ0n) is 19.3. The minimum atomic E-state index is -0.415. The number of carbonyl (C=O) groups excluding carboxylic acids is 2. The number of nitrogens with zero attached hydrogens (tertiary/aromatic N) is 1. The van der Waals surface area contributed by atoms with Gasteiger partial charge in [0.1, 0.15) is 11.5 Å². The zero-order valence-corrected chi connectivity index (χ0v) is 19.3. The number of rotatable bonds is 7. The molecule has 3 amide bonds. The van der Waals surface area contributed by atoms with E-state index in [1.807, 2.05) is 30.3 Å². The summed E-state index contributed by atoms with van der Waals surface area (Å²) in [6.45, 7) is 1.83. The molecule has 176 valence electrons. The predicted octanol–water partition coefficient (Wildman–Crippen LogP) is 5.20. The van der Waals surface area contributed by atoms with Crippen molar-refractivity contribution in [2.24, 2.45) is 0 Å². The van der Waals surface area contributed by atoms with Crippen molar-refractivity contribution in [3.63, 3.8) is 0 Å². The van der Waals surface area contributed by atoms with Crippen molar-refractivity contribution in [3.8, 4) is 11.5 Å². The van der Waals surface area contributed by atoms with Gasteiger partial charge in [0.25, 0.3) is 5.91 Å². The highest BCUT2D eigenvalue weighted by Gasteiger charge is 2.18. The van der Waals surface area contributed by atoms with E-state index >= 15 is 0 Å². The van der Waals surface area contributed by atoms with Crippen LogP contribution in [0.25, 0.3) is 0 Å². The molecule has 1 fully saturated rings. The van der Waals surface area contributed by atoms with Crippen molar-refractivity contribution in [1.82, 2.24) is 0 Å². The lowest BCUT2D eigenvalue weighted by molar-refractivity contribution is 0.102. The van der Waals surface area contributed by atoms with Crippen molar-refractivity contribution in [2.45, 2.75) is 12.8 Å². The third-order valence-electron chi connectivity index (χ3n) is 5.59. The molecule has 1 heterocycles. The van der Waals surface area contributed by atoms with Crippen molar-refractivity contribution < 1.29 is 19.1 Å². The Morgan fingerprint density at radius 1 is 0.765 bits per heavy atom. The lowest BCUT2D eigenvalue weighted by Crippen LogP contribution is -2.24. The van der Waals surface area contributed by atoms with Crippen molar-refractivity contribution >= 4 is 34.7 Å². The Bertz CT molecular complexity index is 1140. The maximum absolute atomic E-state index is 12.9. The van der Waals surface area contributed by atoms with Crippen LogP contribution in [0.1, 0.15) is 23.2 Å². The summed E-state index contributed by atoms with van der Waals surface area (Å²) in [6.07, 6.45) is 2.20. The largest absolute Gasteiger partial charge is 0.497 e. The van der Waals surface area contributed by atoms with Crippen molar-refractivity contribution in [2.75, 3.05) is 48.2 Å². The first kappa shape index (κ1) is 23.0. The van der Waals surface area contributed by atoms with Crippen molar-refractivity contribution in [1.29, 1.82) is 0 Å². The highest BCUT2D eigenvalue weighted by atomic mass is 16.5. The van der Waals surface area contributed by atoms with Crippen LogP contribution in [-0.2, 0) is 0 Å². The SMILES string of the molecule is COc1cc(NC(=O)Nc2cc(NC(=O)c3ccccc3)ccc2N2CCCC2)cc(OC)c1. The van der Waals surface area contributed by atoms with Gasteiger partial charge in [0.15, 0.2) is 0 Å². The second-order valence-electron chi connectivity index (χ2n) is 7.93. The molecule has 1 saturated heterocycles. The van der Waals surface area contributed by atoms with Crippen LogP contribution in [0.15, 0.2) is 66.7 Å². The summed E-state index contributed by atoms with van der Waals surface area (Å²) in [6, 6.07) is 19.3. The molecule has 0 saturated carbocycles. The zero-order chi connectivity index (χ0) is 23.9. The molecule has 3 aromatic carbocycles. The quantitative estimate of drug-likeness (QED) is 0.451. The van der Waals surface area contributed by atoms with E-state index < -0.39 is 6.03 Å². The van der Waals surface area contributed by atoms with E-state index in [0.29, 0.717) is 34.1 Å². The lowest BCUT2D eigenvalue weighted by Gasteiger charge is -2.22. The molecule has 0 spiro atoms. The van der Waals surface area contributed by atoms with Gasteiger partial charge in [0.2, 0.25) is 0 Å². The number of anilines is 4. The maximum atomic E-state index is 12.9. The number of methoxy groups -OCH3 is 2. The third-order valence-corrected chi connectivity index (χ3v) is 5.59. The lowest BCUT2D eigenvalue weighted by atomic mass is 10.2. The number of nitrogens with one attached hydrogen (secondary N) is 3. The Morgan fingerprint density at radius 3 is 2.09 bits per heavy atom. The van der Waals surface area contributed by atoms with Crippen LogP contribution < -0.4 is 30.3 Å². The summed E-state index contributed by atoms with van der Waals surface area (Å²) in [5.41, 5.74) is 3.21. The summed E-state index contributed by atoms with van der Waals surface area (Å²) in [7, 11) is 3.10. The van der Waals surface area contributed by atoms with Gasteiger partial charge in [-0.2, -0.15) is 0 Å². The Kier molecular flexibility index (Phi) is 7.17. The predicted molar refractivity (Wildman–Crippen MR) is 134 cm³/mol. The number of carbonyl (C=O) groups is 2. The molecule has 0 atom stereocenters. The molecular weight excluding hydrogens is 432 g/mol. The fourth-order valence-electron chi connectivity index (χ4n) is 3.90. The Balaban J connectivity index is 1.55. The van der Waals surface area contributed by atoms with Gasteiger partial charge in [0, 0.05) is 48.2 Å².